The Morgan fingerprint density at radius 2 is 1.75 bits per heavy atom. The van der Waals surface area contributed by atoms with Crippen LogP contribution in [-0.2, 0) is 0 Å². The minimum Gasteiger partial charge on any atom is -0.250 e. The van der Waals surface area contributed by atoms with Crippen LogP contribution in [0.25, 0.3) is 0 Å². The molecule has 0 saturated carbocycles. The summed E-state index contributed by atoms with van der Waals surface area (Å²) in [4.78, 5) is 0. The largest absolute Gasteiger partial charge is 0.250 e. The summed E-state index contributed by atoms with van der Waals surface area (Å²) in [5, 5.41) is 0. The van der Waals surface area contributed by atoms with Crippen molar-refractivity contribution in [3.63, 3.8) is 0 Å². The van der Waals surface area contributed by atoms with Crippen molar-refractivity contribution in [2.75, 3.05) is 6.67 Å². The second-order valence-electron chi connectivity index (χ2n) is 3.27. The average molecular weight is 165 g/mol. The summed E-state index contributed by atoms with van der Waals surface area (Å²) in [5.41, 5.74) is 3.34. The SMILES string of the molecule is [CH2]C(CF)c1cc(C)cc(C)c1. The Morgan fingerprint density at radius 3 is 2.17 bits per heavy atom. The standard InChI is InChI=1S/C11H14F/c1-8-4-9(2)6-11(5-8)10(3)7-12/h4-6,10H,3,7H2,1-2H3. The number of benzene rings is 1. The Bertz CT molecular complexity index is 245. The molecular weight excluding hydrogens is 151 g/mol. The molecule has 1 unspecified atom stereocenters. The van der Waals surface area contributed by atoms with E-state index in [1.807, 2.05) is 26.0 Å². The molecule has 65 valence electrons. The van der Waals surface area contributed by atoms with Gasteiger partial charge in [0.05, 0.1) is 6.67 Å². The third kappa shape index (κ3) is 2.07. The van der Waals surface area contributed by atoms with Crippen molar-refractivity contribution in [3.8, 4) is 0 Å². The van der Waals surface area contributed by atoms with Gasteiger partial charge in [0.1, 0.15) is 0 Å². The van der Waals surface area contributed by atoms with Gasteiger partial charge in [-0.05, 0) is 26.3 Å². The fourth-order valence-electron chi connectivity index (χ4n) is 1.33. The third-order valence-electron chi connectivity index (χ3n) is 1.90. The van der Waals surface area contributed by atoms with Crippen LogP contribution in [0.2, 0.25) is 0 Å². The van der Waals surface area contributed by atoms with E-state index in [2.05, 4.69) is 13.0 Å². The molecule has 1 heteroatoms. The van der Waals surface area contributed by atoms with E-state index in [0.717, 1.165) is 5.56 Å². The zero-order chi connectivity index (χ0) is 9.14. The van der Waals surface area contributed by atoms with Crippen molar-refractivity contribution >= 4 is 0 Å². The second kappa shape index (κ2) is 3.70. The van der Waals surface area contributed by atoms with Gasteiger partial charge in [0.25, 0.3) is 0 Å². The highest BCUT2D eigenvalue weighted by Gasteiger charge is 2.05. The van der Waals surface area contributed by atoms with Gasteiger partial charge in [0.2, 0.25) is 0 Å². The summed E-state index contributed by atoms with van der Waals surface area (Å²) in [5.74, 6) is -0.219. The number of aryl methyl sites for hydroxylation is 2. The van der Waals surface area contributed by atoms with Gasteiger partial charge in [-0.3, -0.25) is 4.39 Å². The number of hydrogen-bond donors (Lipinski definition) is 0. The van der Waals surface area contributed by atoms with Crippen LogP contribution in [0, 0.1) is 20.8 Å². The first-order valence-electron chi connectivity index (χ1n) is 4.10. The molecule has 1 atom stereocenters. The minimum atomic E-state index is -0.386. The van der Waals surface area contributed by atoms with Crippen LogP contribution in [0.3, 0.4) is 0 Å². The maximum atomic E-state index is 12.3. The zero-order valence-corrected chi connectivity index (χ0v) is 7.60. The average Bonchev–Trinajstić information content (AvgIpc) is 2.01. The molecule has 12 heavy (non-hydrogen) atoms. The van der Waals surface area contributed by atoms with Crippen LogP contribution in [0.15, 0.2) is 18.2 Å². The van der Waals surface area contributed by atoms with Crippen LogP contribution in [0.4, 0.5) is 4.39 Å². The van der Waals surface area contributed by atoms with Gasteiger partial charge in [-0.2, -0.15) is 0 Å². The highest BCUT2D eigenvalue weighted by molar-refractivity contribution is 5.31. The smallest absolute Gasteiger partial charge is 0.0962 e. The molecule has 1 aromatic rings. The summed E-state index contributed by atoms with van der Waals surface area (Å²) in [6.07, 6.45) is 0. The van der Waals surface area contributed by atoms with Gasteiger partial charge in [-0.15, -0.1) is 0 Å². The van der Waals surface area contributed by atoms with Crippen molar-refractivity contribution in [3.05, 3.63) is 41.8 Å². The summed E-state index contributed by atoms with van der Waals surface area (Å²) < 4.78 is 12.3. The van der Waals surface area contributed by atoms with Gasteiger partial charge in [-0.25, -0.2) is 0 Å². The van der Waals surface area contributed by atoms with Crippen LogP contribution >= 0.6 is 0 Å². The first kappa shape index (κ1) is 9.24. The molecule has 0 aliphatic rings. The summed E-state index contributed by atoms with van der Waals surface area (Å²) in [7, 11) is 0. The fourth-order valence-corrected chi connectivity index (χ4v) is 1.33. The van der Waals surface area contributed by atoms with Crippen LogP contribution in [-0.4, -0.2) is 6.67 Å². The topological polar surface area (TPSA) is 0 Å². The number of halogens is 1. The Labute approximate surface area is 73.4 Å². The molecule has 1 aromatic carbocycles. The monoisotopic (exact) mass is 165 g/mol. The molecule has 0 amide bonds. The summed E-state index contributed by atoms with van der Waals surface area (Å²) in [6, 6.07) is 6.06. The summed E-state index contributed by atoms with van der Waals surface area (Å²) in [6.45, 7) is 7.38. The van der Waals surface area contributed by atoms with Gasteiger partial charge in [-0.1, -0.05) is 29.3 Å². The molecule has 0 heterocycles. The molecule has 0 N–H and O–H groups in total. The van der Waals surface area contributed by atoms with Crippen molar-refractivity contribution in [2.45, 2.75) is 19.8 Å². The molecule has 1 rings (SSSR count). The molecule has 0 aliphatic heterocycles. The van der Waals surface area contributed by atoms with Gasteiger partial charge < -0.3 is 0 Å². The van der Waals surface area contributed by atoms with Crippen molar-refractivity contribution < 1.29 is 4.39 Å². The molecular formula is C11H14F. The van der Waals surface area contributed by atoms with E-state index in [0.29, 0.717) is 0 Å². The van der Waals surface area contributed by atoms with Crippen molar-refractivity contribution in [1.29, 1.82) is 0 Å². The molecule has 0 aromatic heterocycles. The number of alkyl halides is 1. The van der Waals surface area contributed by atoms with E-state index >= 15 is 0 Å². The third-order valence-corrected chi connectivity index (χ3v) is 1.90. The van der Waals surface area contributed by atoms with E-state index in [-0.39, 0.29) is 12.6 Å². The van der Waals surface area contributed by atoms with E-state index in [1.54, 1.807) is 0 Å². The van der Waals surface area contributed by atoms with Crippen molar-refractivity contribution in [2.24, 2.45) is 0 Å². The molecule has 0 bridgehead atoms. The Kier molecular flexibility index (Phi) is 2.85. The van der Waals surface area contributed by atoms with Crippen LogP contribution < -0.4 is 0 Å². The molecule has 0 fully saturated rings. The predicted molar refractivity (Wildman–Crippen MR) is 50.0 cm³/mol. The maximum absolute atomic E-state index is 12.3. The molecule has 0 nitrogen and oxygen atoms in total. The van der Waals surface area contributed by atoms with Gasteiger partial charge in [0, 0.05) is 5.92 Å². The lowest BCUT2D eigenvalue weighted by Crippen LogP contribution is -1.96. The second-order valence-corrected chi connectivity index (χ2v) is 3.27. The Morgan fingerprint density at radius 1 is 1.25 bits per heavy atom. The molecule has 0 saturated heterocycles. The van der Waals surface area contributed by atoms with E-state index in [1.165, 1.54) is 11.1 Å². The Hall–Kier alpha value is -0.850. The number of rotatable bonds is 2. The molecule has 0 spiro atoms. The lowest BCUT2D eigenvalue weighted by Gasteiger charge is -2.08. The number of hydrogen-bond acceptors (Lipinski definition) is 0. The first-order chi connectivity index (χ1) is 5.63. The van der Waals surface area contributed by atoms with Crippen LogP contribution in [0.5, 0.6) is 0 Å². The predicted octanol–water partition coefficient (Wildman–Crippen LogP) is 3.19. The highest BCUT2D eigenvalue weighted by atomic mass is 19.1. The maximum Gasteiger partial charge on any atom is 0.0962 e. The zero-order valence-electron chi connectivity index (χ0n) is 7.60. The first-order valence-corrected chi connectivity index (χ1v) is 4.10. The fraction of sp³-hybridized carbons (Fsp3) is 0.364. The van der Waals surface area contributed by atoms with E-state index in [4.69, 9.17) is 0 Å². The normalized spacial score (nSPS) is 13.0. The van der Waals surface area contributed by atoms with Gasteiger partial charge in [0.15, 0.2) is 0 Å². The van der Waals surface area contributed by atoms with E-state index < -0.39 is 0 Å². The quantitative estimate of drug-likeness (QED) is 0.631. The van der Waals surface area contributed by atoms with E-state index in [9.17, 15) is 4.39 Å². The lowest BCUT2D eigenvalue weighted by molar-refractivity contribution is 0.465. The lowest BCUT2D eigenvalue weighted by atomic mass is 9.98. The minimum absolute atomic E-state index is 0.219. The summed E-state index contributed by atoms with van der Waals surface area (Å²) >= 11 is 0. The van der Waals surface area contributed by atoms with Crippen LogP contribution in [0.1, 0.15) is 22.6 Å². The molecule has 0 aliphatic carbocycles. The molecule has 1 radical (unpaired) electrons. The van der Waals surface area contributed by atoms with Gasteiger partial charge >= 0.3 is 0 Å². The van der Waals surface area contributed by atoms with Crippen molar-refractivity contribution in [1.82, 2.24) is 0 Å². The Balaban J connectivity index is 3.00. The highest BCUT2D eigenvalue weighted by Crippen LogP contribution is 2.18.